The summed E-state index contributed by atoms with van der Waals surface area (Å²) in [5, 5.41) is 6.72. The first-order chi connectivity index (χ1) is 10.2. The van der Waals surface area contributed by atoms with Gasteiger partial charge in [-0.25, -0.2) is 4.39 Å². The number of benzene rings is 1. The van der Waals surface area contributed by atoms with Crippen LogP contribution in [-0.2, 0) is 4.79 Å². The molecule has 1 saturated heterocycles. The number of carbonyl (C=O) groups excluding carboxylic acids is 1. The second-order valence-corrected chi connectivity index (χ2v) is 5.08. The summed E-state index contributed by atoms with van der Waals surface area (Å²) in [6.07, 6.45) is 1.26. The summed E-state index contributed by atoms with van der Waals surface area (Å²) in [7, 11) is 0. The summed E-state index contributed by atoms with van der Waals surface area (Å²) in [6.45, 7) is 3.52. The number of hydrogen-bond donors (Lipinski definition) is 1. The maximum absolute atomic E-state index is 13.5. The number of nitrogens with zero attached hydrogens (tertiary/aromatic N) is 4. The Morgan fingerprint density at radius 2 is 2.38 bits per heavy atom. The van der Waals surface area contributed by atoms with Crippen molar-refractivity contribution in [3.05, 3.63) is 34.5 Å². The minimum absolute atomic E-state index is 0.0179. The molecule has 0 saturated carbocycles. The van der Waals surface area contributed by atoms with Gasteiger partial charge < -0.3 is 10.2 Å². The Kier molecular flexibility index (Phi) is 5.00. The molecule has 1 heterocycles. The molecule has 1 N–H and O–H groups in total. The van der Waals surface area contributed by atoms with Gasteiger partial charge in [0.05, 0.1) is 11.4 Å². The Labute approximate surface area is 122 Å². The molecule has 0 aliphatic carbocycles. The Morgan fingerprint density at radius 3 is 3.10 bits per heavy atom. The summed E-state index contributed by atoms with van der Waals surface area (Å²) >= 11 is 0. The Hall–Kier alpha value is -2.27. The third-order valence-corrected chi connectivity index (χ3v) is 3.42. The van der Waals surface area contributed by atoms with E-state index in [9.17, 15) is 9.18 Å². The quantitative estimate of drug-likeness (QED) is 0.495. The van der Waals surface area contributed by atoms with E-state index in [1.165, 1.54) is 12.1 Å². The second kappa shape index (κ2) is 6.95. The molecule has 1 aromatic rings. The number of carbonyl (C=O) groups is 1. The fraction of sp³-hybridized carbons (Fsp3) is 0.500. The number of hydrogen-bond acceptors (Lipinski definition) is 3. The van der Waals surface area contributed by atoms with Gasteiger partial charge >= 0.3 is 0 Å². The molecule has 0 radical (unpaired) electrons. The van der Waals surface area contributed by atoms with Crippen molar-refractivity contribution in [1.29, 1.82) is 0 Å². The topological polar surface area (TPSA) is 81.1 Å². The van der Waals surface area contributed by atoms with Gasteiger partial charge in [-0.2, -0.15) is 0 Å². The monoisotopic (exact) mass is 291 g/mol. The van der Waals surface area contributed by atoms with Gasteiger partial charge in [0.15, 0.2) is 0 Å². The standard InChI is InChI=1S/C14H18FN5O/c1-2-5-17-12-4-3-11(15)7-13(12)20-9-10(6-14(20)21)8-18-19-16/h3-4,7,10,17H,2,5-6,8-9H2,1H3. The van der Waals surface area contributed by atoms with Gasteiger partial charge in [-0.15, -0.1) is 0 Å². The lowest BCUT2D eigenvalue weighted by Crippen LogP contribution is -2.26. The smallest absolute Gasteiger partial charge is 0.227 e. The molecule has 1 aromatic carbocycles. The van der Waals surface area contributed by atoms with Crippen LogP contribution in [0.2, 0.25) is 0 Å². The predicted molar refractivity (Wildman–Crippen MR) is 79.7 cm³/mol. The Morgan fingerprint density at radius 1 is 1.57 bits per heavy atom. The van der Waals surface area contributed by atoms with Gasteiger partial charge in [-0.3, -0.25) is 4.79 Å². The molecule has 112 valence electrons. The van der Waals surface area contributed by atoms with Gasteiger partial charge in [0.25, 0.3) is 0 Å². The summed E-state index contributed by atoms with van der Waals surface area (Å²) in [4.78, 5) is 16.4. The summed E-state index contributed by atoms with van der Waals surface area (Å²) < 4.78 is 13.5. The molecule has 1 atom stereocenters. The van der Waals surface area contributed by atoms with E-state index in [0.29, 0.717) is 18.7 Å². The lowest BCUT2D eigenvalue weighted by Gasteiger charge is -2.21. The van der Waals surface area contributed by atoms with Gasteiger partial charge in [-0.05, 0) is 36.1 Å². The predicted octanol–water partition coefficient (Wildman–Crippen LogP) is 3.31. The molecule has 21 heavy (non-hydrogen) atoms. The highest BCUT2D eigenvalue weighted by Gasteiger charge is 2.31. The molecule has 1 aliphatic heterocycles. The molecule has 1 aliphatic rings. The first kappa shape index (κ1) is 15.1. The SMILES string of the molecule is CCCNc1ccc(F)cc1N1CC(CN=[N+]=[N-])CC1=O. The lowest BCUT2D eigenvalue weighted by molar-refractivity contribution is -0.117. The molecular formula is C14H18FN5O. The van der Waals surface area contributed by atoms with Gasteiger partial charge in [0, 0.05) is 31.0 Å². The molecule has 7 heteroatoms. The third kappa shape index (κ3) is 3.64. The van der Waals surface area contributed by atoms with E-state index in [0.717, 1.165) is 18.7 Å². The number of azide groups is 1. The highest BCUT2D eigenvalue weighted by molar-refractivity contribution is 5.98. The van der Waals surface area contributed by atoms with Crippen LogP contribution in [0.3, 0.4) is 0 Å². The van der Waals surface area contributed by atoms with Crippen LogP contribution < -0.4 is 10.2 Å². The molecule has 0 aromatic heterocycles. The van der Waals surface area contributed by atoms with Crippen molar-refractivity contribution in [2.24, 2.45) is 11.0 Å². The number of rotatable bonds is 6. The zero-order chi connectivity index (χ0) is 15.2. The molecule has 0 spiro atoms. The van der Waals surface area contributed by atoms with Crippen LogP contribution in [0, 0.1) is 11.7 Å². The van der Waals surface area contributed by atoms with Crippen LogP contribution in [0.25, 0.3) is 10.4 Å². The minimum atomic E-state index is -0.377. The lowest BCUT2D eigenvalue weighted by atomic mass is 10.1. The van der Waals surface area contributed by atoms with Crippen molar-refractivity contribution in [3.8, 4) is 0 Å². The normalized spacial score (nSPS) is 17.7. The van der Waals surface area contributed by atoms with Crippen molar-refractivity contribution in [1.82, 2.24) is 0 Å². The van der Waals surface area contributed by atoms with Crippen molar-refractivity contribution in [2.75, 3.05) is 29.9 Å². The van der Waals surface area contributed by atoms with E-state index in [2.05, 4.69) is 15.3 Å². The fourth-order valence-electron chi connectivity index (χ4n) is 2.43. The highest BCUT2D eigenvalue weighted by Crippen LogP contribution is 2.32. The molecule has 1 amide bonds. The van der Waals surface area contributed by atoms with E-state index in [1.54, 1.807) is 11.0 Å². The number of amides is 1. The Bertz CT molecular complexity index is 570. The van der Waals surface area contributed by atoms with Gasteiger partial charge in [0.2, 0.25) is 5.91 Å². The molecule has 1 unspecified atom stereocenters. The summed E-state index contributed by atoms with van der Waals surface area (Å²) in [6, 6.07) is 4.39. The van der Waals surface area contributed by atoms with E-state index >= 15 is 0 Å². The van der Waals surface area contributed by atoms with E-state index in [4.69, 9.17) is 5.53 Å². The van der Waals surface area contributed by atoms with Crippen molar-refractivity contribution in [3.63, 3.8) is 0 Å². The van der Waals surface area contributed by atoms with Crippen LogP contribution in [0.4, 0.5) is 15.8 Å². The zero-order valence-electron chi connectivity index (χ0n) is 11.9. The zero-order valence-corrected chi connectivity index (χ0v) is 11.9. The van der Waals surface area contributed by atoms with Crippen LogP contribution >= 0.6 is 0 Å². The molecule has 0 bridgehead atoms. The molecule has 2 rings (SSSR count). The average molecular weight is 291 g/mol. The molecule has 1 fully saturated rings. The Balaban J connectivity index is 2.21. The van der Waals surface area contributed by atoms with Crippen LogP contribution in [0.5, 0.6) is 0 Å². The van der Waals surface area contributed by atoms with Gasteiger partial charge in [-0.1, -0.05) is 12.0 Å². The summed E-state index contributed by atoms with van der Waals surface area (Å²) in [5.74, 6) is -0.465. The van der Waals surface area contributed by atoms with Crippen LogP contribution in [0.1, 0.15) is 19.8 Å². The van der Waals surface area contributed by atoms with Crippen molar-refractivity contribution in [2.45, 2.75) is 19.8 Å². The highest BCUT2D eigenvalue weighted by atomic mass is 19.1. The van der Waals surface area contributed by atoms with Crippen LogP contribution in [0.15, 0.2) is 23.3 Å². The first-order valence-corrected chi connectivity index (χ1v) is 7.00. The first-order valence-electron chi connectivity index (χ1n) is 7.00. The average Bonchev–Trinajstić information content (AvgIpc) is 2.84. The van der Waals surface area contributed by atoms with E-state index in [1.807, 2.05) is 6.92 Å². The number of halogens is 1. The second-order valence-electron chi connectivity index (χ2n) is 5.08. The fourth-order valence-corrected chi connectivity index (χ4v) is 2.43. The third-order valence-electron chi connectivity index (χ3n) is 3.42. The molecular weight excluding hydrogens is 273 g/mol. The van der Waals surface area contributed by atoms with Crippen molar-refractivity contribution < 1.29 is 9.18 Å². The largest absolute Gasteiger partial charge is 0.383 e. The van der Waals surface area contributed by atoms with Gasteiger partial charge in [0.1, 0.15) is 5.82 Å². The van der Waals surface area contributed by atoms with E-state index < -0.39 is 0 Å². The van der Waals surface area contributed by atoms with E-state index in [-0.39, 0.29) is 24.2 Å². The van der Waals surface area contributed by atoms with Crippen LogP contribution in [-0.4, -0.2) is 25.5 Å². The summed E-state index contributed by atoms with van der Waals surface area (Å²) in [5.41, 5.74) is 9.65. The maximum atomic E-state index is 13.5. The minimum Gasteiger partial charge on any atom is -0.383 e. The number of anilines is 2. The van der Waals surface area contributed by atoms with Crippen molar-refractivity contribution >= 4 is 17.3 Å². The maximum Gasteiger partial charge on any atom is 0.227 e. The molecule has 6 nitrogen and oxygen atoms in total. The number of nitrogens with one attached hydrogen (secondary N) is 1.